The molecule has 1 unspecified atom stereocenters. The Hall–Kier alpha value is -2.41. The summed E-state index contributed by atoms with van der Waals surface area (Å²) in [6, 6.07) is 9.73. The lowest BCUT2D eigenvalue weighted by atomic mass is 9.93. The number of nitrogens with zero attached hydrogens (tertiary/aromatic N) is 4. The number of hydrogen-bond donors (Lipinski definition) is 0. The Morgan fingerprint density at radius 1 is 1.25 bits per heavy atom. The molecular weight excluding hydrogens is 308 g/mol. The van der Waals surface area contributed by atoms with E-state index < -0.39 is 5.60 Å². The monoisotopic (exact) mass is 328 g/mol. The lowest BCUT2D eigenvalue weighted by Gasteiger charge is -2.37. The van der Waals surface area contributed by atoms with Crippen molar-refractivity contribution in [3.8, 4) is 11.5 Å². The average molecular weight is 328 g/mol. The Morgan fingerprint density at radius 3 is 2.83 bits per heavy atom. The van der Waals surface area contributed by atoms with E-state index >= 15 is 0 Å². The number of likely N-dealkylation sites (tertiary alicyclic amines) is 1. The van der Waals surface area contributed by atoms with Crippen molar-refractivity contribution in [2.24, 2.45) is 0 Å². The average Bonchev–Trinajstić information content (AvgIpc) is 3.14. The zero-order valence-corrected chi connectivity index (χ0v) is 13.6. The molecule has 1 spiro atoms. The van der Waals surface area contributed by atoms with Gasteiger partial charge in [-0.1, -0.05) is 23.4 Å². The zero-order chi connectivity index (χ0) is 16.6. The third-order valence-electron chi connectivity index (χ3n) is 4.61. The van der Waals surface area contributed by atoms with E-state index in [4.69, 9.17) is 9.26 Å². The maximum absolute atomic E-state index is 11.7. The third-order valence-corrected chi connectivity index (χ3v) is 4.61. The predicted molar refractivity (Wildman–Crippen MR) is 86.1 cm³/mol. The van der Waals surface area contributed by atoms with Crippen LogP contribution < -0.4 is 0 Å². The number of hydrogen-bond acceptors (Lipinski definition) is 6. The largest absolute Gasteiger partial charge is 0.440 e. The number of ether oxygens (including phenoxy) is 1. The summed E-state index contributed by atoms with van der Waals surface area (Å²) in [5, 5.41) is 4.09. The van der Waals surface area contributed by atoms with E-state index in [0.717, 1.165) is 24.9 Å². The van der Waals surface area contributed by atoms with Crippen LogP contribution in [0.3, 0.4) is 0 Å². The fourth-order valence-electron chi connectivity index (χ4n) is 3.55. The Kier molecular flexibility index (Phi) is 3.72. The van der Waals surface area contributed by atoms with Gasteiger partial charge in [-0.25, -0.2) is 4.79 Å². The van der Waals surface area contributed by atoms with Crippen LogP contribution in [-0.4, -0.2) is 58.3 Å². The number of benzene rings is 1. The molecule has 1 atom stereocenters. The highest BCUT2D eigenvalue weighted by molar-refractivity contribution is 5.70. The quantitative estimate of drug-likeness (QED) is 0.860. The first kappa shape index (κ1) is 15.1. The SMILES string of the molecule is CN1CC2(CCCN(Cc3noc(-c4ccccc4)n3)C2)OC1=O. The molecule has 1 aromatic heterocycles. The lowest BCUT2D eigenvalue weighted by molar-refractivity contribution is -0.0122. The Balaban J connectivity index is 1.44. The van der Waals surface area contributed by atoms with E-state index in [-0.39, 0.29) is 6.09 Å². The molecule has 2 aliphatic rings. The summed E-state index contributed by atoms with van der Waals surface area (Å²) in [5.74, 6) is 1.19. The summed E-state index contributed by atoms with van der Waals surface area (Å²) in [4.78, 5) is 20.1. The highest BCUT2D eigenvalue weighted by Gasteiger charge is 2.46. The third kappa shape index (κ3) is 2.87. The van der Waals surface area contributed by atoms with Gasteiger partial charge in [0, 0.05) is 19.2 Å². The summed E-state index contributed by atoms with van der Waals surface area (Å²) in [7, 11) is 1.78. The van der Waals surface area contributed by atoms with Crippen molar-refractivity contribution in [2.45, 2.75) is 25.0 Å². The molecule has 0 N–H and O–H groups in total. The molecule has 4 rings (SSSR count). The van der Waals surface area contributed by atoms with Crippen LogP contribution in [0.5, 0.6) is 0 Å². The van der Waals surface area contributed by atoms with Gasteiger partial charge in [0.1, 0.15) is 5.60 Å². The molecule has 2 aromatic rings. The van der Waals surface area contributed by atoms with Gasteiger partial charge < -0.3 is 14.2 Å². The van der Waals surface area contributed by atoms with Crippen LogP contribution in [0.4, 0.5) is 4.79 Å². The molecule has 24 heavy (non-hydrogen) atoms. The number of amides is 1. The Labute approximate surface area is 140 Å². The van der Waals surface area contributed by atoms with Crippen LogP contribution in [0.1, 0.15) is 18.7 Å². The normalized spacial score (nSPS) is 24.5. The van der Waals surface area contributed by atoms with Gasteiger partial charge in [-0.2, -0.15) is 4.98 Å². The van der Waals surface area contributed by atoms with Gasteiger partial charge in [0.25, 0.3) is 5.89 Å². The number of aromatic nitrogens is 2. The number of rotatable bonds is 3. The molecule has 1 amide bonds. The minimum absolute atomic E-state index is 0.234. The first-order chi connectivity index (χ1) is 11.6. The molecule has 7 nitrogen and oxygen atoms in total. The van der Waals surface area contributed by atoms with Crippen LogP contribution in [0.15, 0.2) is 34.9 Å². The maximum Gasteiger partial charge on any atom is 0.410 e. The molecule has 126 valence electrons. The molecule has 1 aromatic carbocycles. The fraction of sp³-hybridized carbons (Fsp3) is 0.471. The van der Waals surface area contributed by atoms with Crippen molar-refractivity contribution in [1.29, 1.82) is 0 Å². The second-order valence-electron chi connectivity index (χ2n) is 6.60. The first-order valence-corrected chi connectivity index (χ1v) is 8.18. The molecule has 0 saturated carbocycles. The number of likely N-dealkylation sites (N-methyl/N-ethyl adjacent to an activating group) is 1. The molecule has 0 radical (unpaired) electrons. The van der Waals surface area contributed by atoms with Crippen molar-refractivity contribution in [3.05, 3.63) is 36.2 Å². The molecule has 3 heterocycles. The van der Waals surface area contributed by atoms with E-state index in [1.807, 2.05) is 30.3 Å². The highest BCUT2D eigenvalue weighted by Crippen LogP contribution is 2.31. The second kappa shape index (κ2) is 5.90. The van der Waals surface area contributed by atoms with Crippen LogP contribution >= 0.6 is 0 Å². The summed E-state index contributed by atoms with van der Waals surface area (Å²) in [6.45, 7) is 2.89. The van der Waals surface area contributed by atoms with E-state index in [9.17, 15) is 4.79 Å². The van der Waals surface area contributed by atoms with E-state index in [0.29, 0.717) is 31.3 Å². The van der Waals surface area contributed by atoms with Crippen molar-refractivity contribution in [1.82, 2.24) is 19.9 Å². The number of carbonyl (C=O) groups excluding carboxylic acids is 1. The fourth-order valence-corrected chi connectivity index (χ4v) is 3.55. The van der Waals surface area contributed by atoms with E-state index in [2.05, 4.69) is 15.0 Å². The maximum atomic E-state index is 11.7. The number of carbonyl (C=O) groups is 1. The van der Waals surface area contributed by atoms with Gasteiger partial charge in [0.05, 0.1) is 13.1 Å². The van der Waals surface area contributed by atoms with Crippen LogP contribution in [0, 0.1) is 0 Å². The molecule has 0 bridgehead atoms. The summed E-state index contributed by atoms with van der Waals surface area (Å²) in [5.41, 5.74) is 0.522. The highest BCUT2D eigenvalue weighted by atomic mass is 16.6. The molecular formula is C17H20N4O3. The smallest absolute Gasteiger partial charge is 0.410 e. The molecule has 2 saturated heterocycles. The molecule has 2 fully saturated rings. The molecule has 7 heteroatoms. The summed E-state index contributed by atoms with van der Waals surface area (Å²) < 4.78 is 11.0. The minimum atomic E-state index is -0.393. The number of piperidine rings is 1. The lowest BCUT2D eigenvalue weighted by Crippen LogP contribution is -2.50. The van der Waals surface area contributed by atoms with E-state index in [1.54, 1.807) is 11.9 Å². The van der Waals surface area contributed by atoms with Crippen LogP contribution in [0.2, 0.25) is 0 Å². The van der Waals surface area contributed by atoms with Gasteiger partial charge in [-0.05, 0) is 31.5 Å². The van der Waals surface area contributed by atoms with Crippen molar-refractivity contribution in [2.75, 3.05) is 26.7 Å². The summed E-state index contributed by atoms with van der Waals surface area (Å²) >= 11 is 0. The molecule has 0 aliphatic carbocycles. The minimum Gasteiger partial charge on any atom is -0.440 e. The van der Waals surface area contributed by atoms with E-state index in [1.165, 1.54) is 0 Å². The van der Waals surface area contributed by atoms with Gasteiger partial charge in [0.2, 0.25) is 0 Å². The standard InChI is InChI=1S/C17H20N4O3/c1-20-11-17(23-16(20)22)8-5-9-21(12-17)10-14-18-15(24-19-14)13-6-3-2-4-7-13/h2-4,6-7H,5,8-12H2,1H3. The summed E-state index contributed by atoms with van der Waals surface area (Å²) in [6.07, 6.45) is 1.66. The molecule has 2 aliphatic heterocycles. The van der Waals surface area contributed by atoms with Crippen molar-refractivity contribution < 1.29 is 14.1 Å². The Morgan fingerprint density at radius 2 is 2.08 bits per heavy atom. The van der Waals surface area contributed by atoms with Gasteiger partial charge in [-0.3, -0.25) is 4.90 Å². The Bertz CT molecular complexity index is 732. The van der Waals surface area contributed by atoms with Gasteiger partial charge >= 0.3 is 6.09 Å². The second-order valence-corrected chi connectivity index (χ2v) is 6.60. The van der Waals surface area contributed by atoms with Crippen LogP contribution in [-0.2, 0) is 11.3 Å². The zero-order valence-electron chi connectivity index (χ0n) is 13.6. The topological polar surface area (TPSA) is 71.7 Å². The van der Waals surface area contributed by atoms with Crippen molar-refractivity contribution >= 4 is 6.09 Å². The van der Waals surface area contributed by atoms with Crippen molar-refractivity contribution in [3.63, 3.8) is 0 Å². The first-order valence-electron chi connectivity index (χ1n) is 8.18. The predicted octanol–water partition coefficient (Wildman–Crippen LogP) is 2.15. The van der Waals surface area contributed by atoms with Gasteiger partial charge in [0.15, 0.2) is 5.82 Å². The van der Waals surface area contributed by atoms with Crippen LogP contribution in [0.25, 0.3) is 11.5 Å². The van der Waals surface area contributed by atoms with Gasteiger partial charge in [-0.15, -0.1) is 0 Å².